The third-order valence-electron chi connectivity index (χ3n) is 1.87. The van der Waals surface area contributed by atoms with Crippen molar-refractivity contribution in [3.05, 3.63) is 18.3 Å². The number of pyridine rings is 1. The molecule has 0 aliphatic heterocycles. The number of anilines is 1. The van der Waals surface area contributed by atoms with Gasteiger partial charge in [0, 0.05) is 6.20 Å². The molecular formula is C8H7F3N4. The van der Waals surface area contributed by atoms with Crippen LogP contribution in [0.5, 0.6) is 0 Å². The lowest BCUT2D eigenvalue weighted by atomic mass is 10.4. The maximum Gasteiger partial charge on any atom is 0.406 e. The Morgan fingerprint density at radius 3 is 2.80 bits per heavy atom. The summed E-state index contributed by atoms with van der Waals surface area (Å²) in [7, 11) is 0. The summed E-state index contributed by atoms with van der Waals surface area (Å²) < 4.78 is 37.4. The van der Waals surface area contributed by atoms with E-state index < -0.39 is 12.7 Å². The van der Waals surface area contributed by atoms with Crippen molar-refractivity contribution in [3.8, 4) is 0 Å². The molecule has 2 N–H and O–H groups in total. The molecule has 2 rings (SSSR count). The first-order valence-corrected chi connectivity index (χ1v) is 4.11. The number of nitrogen functional groups attached to an aromatic ring is 1. The molecule has 0 radical (unpaired) electrons. The lowest BCUT2D eigenvalue weighted by molar-refractivity contribution is -0.139. The molecular weight excluding hydrogens is 209 g/mol. The number of fused-ring (bicyclic) bond motifs is 1. The lowest BCUT2D eigenvalue weighted by Gasteiger charge is -2.08. The molecule has 4 nitrogen and oxygen atoms in total. The summed E-state index contributed by atoms with van der Waals surface area (Å²) in [5.74, 6) is -0.180. The summed E-state index contributed by atoms with van der Waals surface area (Å²) in [6.45, 7) is -1.17. The zero-order chi connectivity index (χ0) is 11.1. The Hall–Kier alpha value is -1.79. The average Bonchev–Trinajstić information content (AvgIpc) is 2.41. The van der Waals surface area contributed by atoms with E-state index >= 15 is 0 Å². The standard InChI is InChI=1S/C8H7F3N4/c9-8(10,11)4-15-6-5(14-7(15)12)2-1-3-13-6/h1-3H,4H2,(H2,12,14). The normalized spacial score (nSPS) is 12.2. The third-order valence-corrected chi connectivity index (χ3v) is 1.87. The Labute approximate surface area is 82.5 Å². The van der Waals surface area contributed by atoms with Gasteiger partial charge in [0.15, 0.2) is 5.65 Å². The van der Waals surface area contributed by atoms with Crippen LogP contribution in [0.4, 0.5) is 19.1 Å². The minimum Gasteiger partial charge on any atom is -0.369 e. The first-order chi connectivity index (χ1) is 6.97. The molecule has 0 amide bonds. The van der Waals surface area contributed by atoms with Crippen molar-refractivity contribution in [3.63, 3.8) is 0 Å². The van der Waals surface area contributed by atoms with E-state index in [2.05, 4.69) is 9.97 Å². The maximum absolute atomic E-state index is 12.2. The third kappa shape index (κ3) is 1.85. The molecule has 0 atom stereocenters. The predicted molar refractivity (Wildman–Crippen MR) is 48.0 cm³/mol. The molecule has 0 bridgehead atoms. The van der Waals surface area contributed by atoms with Gasteiger partial charge in [-0.3, -0.25) is 4.57 Å². The van der Waals surface area contributed by atoms with Crippen molar-refractivity contribution in [2.45, 2.75) is 12.7 Å². The van der Waals surface area contributed by atoms with Crippen LogP contribution in [-0.4, -0.2) is 20.7 Å². The molecule has 80 valence electrons. The van der Waals surface area contributed by atoms with Gasteiger partial charge >= 0.3 is 6.18 Å². The van der Waals surface area contributed by atoms with E-state index in [0.29, 0.717) is 5.52 Å². The van der Waals surface area contributed by atoms with Gasteiger partial charge in [0.25, 0.3) is 0 Å². The molecule has 15 heavy (non-hydrogen) atoms. The van der Waals surface area contributed by atoms with Crippen LogP contribution < -0.4 is 5.73 Å². The van der Waals surface area contributed by atoms with E-state index in [0.717, 1.165) is 4.57 Å². The van der Waals surface area contributed by atoms with Crippen LogP contribution >= 0.6 is 0 Å². The highest BCUT2D eigenvalue weighted by Crippen LogP contribution is 2.22. The molecule has 0 aromatic carbocycles. The SMILES string of the molecule is Nc1nc2cccnc2n1CC(F)(F)F. The van der Waals surface area contributed by atoms with Crippen molar-refractivity contribution in [2.24, 2.45) is 0 Å². The van der Waals surface area contributed by atoms with Crippen LogP contribution in [0.2, 0.25) is 0 Å². The van der Waals surface area contributed by atoms with Gasteiger partial charge in [0.05, 0.1) is 0 Å². The van der Waals surface area contributed by atoms with Crippen LogP contribution in [0, 0.1) is 0 Å². The molecule has 2 aromatic rings. The summed E-state index contributed by atoms with van der Waals surface area (Å²) in [6, 6.07) is 3.15. The molecule has 0 aliphatic carbocycles. The summed E-state index contributed by atoms with van der Waals surface area (Å²) in [5.41, 5.74) is 5.88. The molecule has 0 spiro atoms. The van der Waals surface area contributed by atoms with Crippen molar-refractivity contribution in [1.29, 1.82) is 0 Å². The van der Waals surface area contributed by atoms with Crippen molar-refractivity contribution < 1.29 is 13.2 Å². The zero-order valence-electron chi connectivity index (χ0n) is 7.49. The number of hydrogen-bond acceptors (Lipinski definition) is 3. The van der Waals surface area contributed by atoms with Gasteiger partial charge in [-0.15, -0.1) is 0 Å². The van der Waals surface area contributed by atoms with E-state index in [4.69, 9.17) is 5.73 Å². The van der Waals surface area contributed by atoms with Gasteiger partial charge in [0.1, 0.15) is 12.1 Å². The second-order valence-corrected chi connectivity index (χ2v) is 3.02. The number of halogens is 3. The molecule has 2 heterocycles. The number of alkyl halides is 3. The highest BCUT2D eigenvalue weighted by Gasteiger charge is 2.30. The second kappa shape index (κ2) is 3.11. The minimum atomic E-state index is -4.33. The highest BCUT2D eigenvalue weighted by atomic mass is 19.4. The number of nitrogens with two attached hydrogens (primary N) is 1. The molecule has 0 saturated carbocycles. The van der Waals surface area contributed by atoms with E-state index in [1.165, 1.54) is 6.20 Å². The molecule has 0 aliphatic rings. The maximum atomic E-state index is 12.2. The number of nitrogens with zero attached hydrogens (tertiary/aromatic N) is 3. The quantitative estimate of drug-likeness (QED) is 0.787. The summed E-state index contributed by atoms with van der Waals surface area (Å²) in [4.78, 5) is 7.58. The fraction of sp³-hybridized carbons (Fsp3) is 0.250. The second-order valence-electron chi connectivity index (χ2n) is 3.02. The first kappa shape index (κ1) is 9.75. The summed E-state index contributed by atoms with van der Waals surface area (Å²) in [6.07, 6.45) is -2.93. The van der Waals surface area contributed by atoms with Gasteiger partial charge in [0.2, 0.25) is 5.95 Å². The average molecular weight is 216 g/mol. The largest absolute Gasteiger partial charge is 0.406 e. The molecule has 7 heteroatoms. The van der Waals surface area contributed by atoms with Gasteiger partial charge in [-0.1, -0.05) is 0 Å². The van der Waals surface area contributed by atoms with Crippen molar-refractivity contribution >= 4 is 17.1 Å². The smallest absolute Gasteiger partial charge is 0.369 e. The van der Waals surface area contributed by atoms with Gasteiger partial charge < -0.3 is 5.73 Å². The number of rotatable bonds is 1. The number of aromatic nitrogens is 3. The van der Waals surface area contributed by atoms with Gasteiger partial charge in [-0.25, -0.2) is 9.97 Å². The fourth-order valence-corrected chi connectivity index (χ4v) is 1.31. The Bertz CT molecular complexity index is 488. The van der Waals surface area contributed by atoms with Gasteiger partial charge in [-0.2, -0.15) is 13.2 Å². The topological polar surface area (TPSA) is 56.7 Å². The Morgan fingerprint density at radius 2 is 2.13 bits per heavy atom. The predicted octanol–water partition coefficient (Wildman–Crippen LogP) is 1.58. The van der Waals surface area contributed by atoms with Crippen molar-refractivity contribution in [1.82, 2.24) is 14.5 Å². The van der Waals surface area contributed by atoms with E-state index in [9.17, 15) is 13.2 Å². The summed E-state index contributed by atoms with van der Waals surface area (Å²) >= 11 is 0. The van der Waals surface area contributed by atoms with Gasteiger partial charge in [-0.05, 0) is 12.1 Å². The van der Waals surface area contributed by atoms with Crippen LogP contribution in [0.3, 0.4) is 0 Å². The minimum absolute atomic E-state index is 0.146. The lowest BCUT2D eigenvalue weighted by Crippen LogP contribution is -2.19. The Kier molecular flexibility index (Phi) is 2.02. The van der Waals surface area contributed by atoms with Crippen LogP contribution in [-0.2, 0) is 6.54 Å². The van der Waals surface area contributed by atoms with E-state index in [1.54, 1.807) is 12.1 Å². The van der Waals surface area contributed by atoms with Crippen LogP contribution in [0.25, 0.3) is 11.2 Å². The monoisotopic (exact) mass is 216 g/mol. The number of hydrogen-bond donors (Lipinski definition) is 1. The summed E-state index contributed by atoms with van der Waals surface area (Å²) in [5, 5.41) is 0. The Morgan fingerprint density at radius 1 is 1.40 bits per heavy atom. The molecule has 0 unspecified atom stereocenters. The fourth-order valence-electron chi connectivity index (χ4n) is 1.31. The Balaban J connectivity index is 2.54. The van der Waals surface area contributed by atoms with Crippen LogP contribution in [0.15, 0.2) is 18.3 Å². The zero-order valence-corrected chi connectivity index (χ0v) is 7.49. The molecule has 0 saturated heterocycles. The van der Waals surface area contributed by atoms with Crippen LogP contribution in [0.1, 0.15) is 0 Å². The van der Waals surface area contributed by atoms with E-state index in [-0.39, 0.29) is 11.6 Å². The van der Waals surface area contributed by atoms with Crippen molar-refractivity contribution in [2.75, 3.05) is 5.73 Å². The highest BCUT2D eigenvalue weighted by molar-refractivity contribution is 5.73. The van der Waals surface area contributed by atoms with E-state index in [1.807, 2.05) is 0 Å². The molecule has 0 fully saturated rings. The first-order valence-electron chi connectivity index (χ1n) is 4.11. The molecule has 2 aromatic heterocycles. The number of imidazole rings is 1.